The second-order valence-electron chi connectivity index (χ2n) is 20.4. The van der Waals surface area contributed by atoms with Crippen LogP contribution in [0.4, 0.5) is 17.6 Å². The van der Waals surface area contributed by atoms with Gasteiger partial charge >= 0.3 is 368 Å². The number of nitrogens with zero attached hydrogens (tertiary/aromatic N) is 2. The second kappa shape index (κ2) is 30.7. The van der Waals surface area contributed by atoms with Gasteiger partial charge in [-0.2, -0.15) is 0 Å². The summed E-state index contributed by atoms with van der Waals surface area (Å²) in [5, 5.41) is 0. The van der Waals surface area contributed by atoms with E-state index < -0.39 is 50.7 Å². The maximum absolute atomic E-state index is 17.8. The van der Waals surface area contributed by atoms with Gasteiger partial charge in [-0.1, -0.05) is 26.7 Å². The molecule has 0 saturated heterocycles. The van der Waals surface area contributed by atoms with Gasteiger partial charge in [-0.15, -0.1) is 0 Å². The average molecular weight is 1030 g/mol. The molecule has 0 heterocycles. The van der Waals surface area contributed by atoms with Gasteiger partial charge in [0.2, 0.25) is 0 Å². The average Bonchev–Trinajstić information content (AvgIpc) is 4.09. The molecule has 0 bridgehead atoms. The van der Waals surface area contributed by atoms with Crippen molar-refractivity contribution in [1.82, 2.24) is 9.80 Å². The maximum atomic E-state index is 17.8. The minimum atomic E-state index is -5.12. The Morgan fingerprint density at radius 2 is 0.901 bits per heavy atom. The van der Waals surface area contributed by atoms with Crippen LogP contribution in [0.25, 0.3) is 0 Å². The molecule has 0 radical (unpaired) electrons. The molecule has 0 unspecified atom stereocenters. The minimum absolute atomic E-state index is 0.0173. The number of rotatable bonds is 36. The number of unbranched alkanes of at least 4 members (excludes halogenated alkanes) is 2. The van der Waals surface area contributed by atoms with Crippen LogP contribution in [-0.4, -0.2) is 101 Å². The number of carbonyl (C=O) groups excluding carboxylic acids is 2. The summed E-state index contributed by atoms with van der Waals surface area (Å²) in [6.45, 7) is 21.1. The molecule has 0 spiro atoms. The standard InChI is InChI=1S/2C24H38F2NO3.2C5H5.Ti/c2*1-5-7-15-29-17-18-30-16-14-27(23(28)24(3,4)12-6-2)13-8-9-20-10-11-21(25)19-22(20)26;2*1-2-4-5-3-1;/h2*10-11H,5-9,12-18H2,1-4H3;2*1-3H,4H2;. The fourth-order valence-electron chi connectivity index (χ4n) is 10.0. The Balaban J connectivity index is 1.67. The van der Waals surface area contributed by atoms with Crippen LogP contribution >= 0.6 is 0 Å². The molecule has 0 saturated carbocycles. The van der Waals surface area contributed by atoms with Gasteiger partial charge in [0.15, 0.2) is 0 Å². The normalized spacial score (nSPS) is 13.9. The van der Waals surface area contributed by atoms with Crippen LogP contribution in [0.3, 0.4) is 0 Å². The first-order chi connectivity index (χ1) is 34.1. The van der Waals surface area contributed by atoms with Crippen molar-refractivity contribution >= 4 is 19.6 Å². The predicted molar refractivity (Wildman–Crippen MR) is 276 cm³/mol. The van der Waals surface area contributed by atoms with E-state index in [0.29, 0.717) is 125 Å². The van der Waals surface area contributed by atoms with Gasteiger partial charge in [-0.05, 0) is 12.8 Å². The fraction of sp³-hybridized carbons (Fsp3) is 0.621. The van der Waals surface area contributed by atoms with Gasteiger partial charge in [0.1, 0.15) is 0 Å². The zero-order valence-electron chi connectivity index (χ0n) is 44.5. The first-order valence-electron chi connectivity index (χ1n) is 26.7. The number of amides is 2. The van der Waals surface area contributed by atoms with Crippen molar-refractivity contribution in [2.75, 3.05) is 79.0 Å². The van der Waals surface area contributed by atoms with Crippen LogP contribution in [0.1, 0.15) is 144 Å². The van der Waals surface area contributed by atoms with Gasteiger partial charge in [-0.25, -0.2) is 0 Å². The summed E-state index contributed by atoms with van der Waals surface area (Å²) in [5.41, 5.74) is -0.768. The molecule has 2 aliphatic rings. The fourth-order valence-corrected chi connectivity index (χ4v) is 18.4. The van der Waals surface area contributed by atoms with E-state index in [1.807, 2.05) is 53.7 Å². The summed E-state index contributed by atoms with van der Waals surface area (Å²) < 4.78 is 93.4. The number of benzene rings is 2. The van der Waals surface area contributed by atoms with Crippen molar-refractivity contribution in [3.05, 3.63) is 103 Å². The molecule has 2 amide bonds. The van der Waals surface area contributed by atoms with Crippen LogP contribution in [0, 0.1) is 34.1 Å². The number of ether oxygens (including phenoxy) is 4. The van der Waals surface area contributed by atoms with E-state index in [4.69, 9.17) is 18.9 Å². The van der Waals surface area contributed by atoms with Crippen molar-refractivity contribution < 1.29 is 62.7 Å². The Hall–Kier alpha value is -3.39. The molecule has 0 aliphatic heterocycles. The topological polar surface area (TPSA) is 77.5 Å². The molecule has 2 aliphatic carbocycles. The van der Waals surface area contributed by atoms with Crippen LogP contribution in [-0.2, 0) is 58.0 Å². The van der Waals surface area contributed by atoms with E-state index >= 15 is 17.6 Å². The Labute approximate surface area is 428 Å². The molecule has 71 heavy (non-hydrogen) atoms. The molecule has 0 fully saturated rings. The summed E-state index contributed by atoms with van der Waals surface area (Å²) in [5.74, 6) is -3.27. The SMILES string of the molecule is CCCCOCCOCCN(CCCc1ccc(F)[c]([Ti]([C]2=CC=CC2)([C]2=CC=CC2)[c]2c(F)ccc(CCCN(CCOCCOCCCC)C(=O)C(C)(C)CCC)c2F)c1F)C(=O)C(C)(C)CCC. The summed E-state index contributed by atoms with van der Waals surface area (Å²) in [6.07, 6.45) is 19.8. The van der Waals surface area contributed by atoms with Crippen LogP contribution in [0.2, 0.25) is 0 Å². The summed E-state index contributed by atoms with van der Waals surface area (Å²) in [4.78, 5) is 31.5. The second-order valence-corrected chi connectivity index (χ2v) is 26.3. The first-order valence-corrected chi connectivity index (χ1v) is 29.8. The van der Waals surface area contributed by atoms with E-state index in [1.165, 1.54) is 24.3 Å². The molecule has 0 aromatic heterocycles. The molecule has 0 atom stereocenters. The van der Waals surface area contributed by atoms with Crippen molar-refractivity contribution in [3.63, 3.8) is 0 Å². The van der Waals surface area contributed by atoms with E-state index in [9.17, 15) is 9.59 Å². The van der Waals surface area contributed by atoms with Crippen molar-refractivity contribution in [1.29, 1.82) is 0 Å². The number of halogens is 4. The molecule has 2 aromatic rings. The number of hydrogen-bond donors (Lipinski definition) is 0. The zero-order chi connectivity index (χ0) is 51.9. The molecule has 0 N–H and O–H groups in total. The van der Waals surface area contributed by atoms with Crippen LogP contribution < -0.4 is 7.74 Å². The summed E-state index contributed by atoms with van der Waals surface area (Å²) >= 11 is -5.12. The Morgan fingerprint density at radius 1 is 0.521 bits per heavy atom. The van der Waals surface area contributed by atoms with E-state index in [2.05, 4.69) is 13.8 Å². The van der Waals surface area contributed by atoms with Crippen molar-refractivity contribution in [2.45, 2.75) is 145 Å². The molecule has 8 nitrogen and oxygen atoms in total. The monoisotopic (exact) mass is 1030 g/mol. The number of carbonyl (C=O) groups is 2. The Morgan fingerprint density at radius 3 is 1.24 bits per heavy atom. The van der Waals surface area contributed by atoms with Gasteiger partial charge in [0, 0.05) is 13.2 Å². The third-order valence-electron chi connectivity index (χ3n) is 13.9. The quantitative estimate of drug-likeness (QED) is 0.0384. The van der Waals surface area contributed by atoms with Crippen molar-refractivity contribution in [3.8, 4) is 0 Å². The number of aryl methyl sites for hydroxylation is 2. The Kier molecular flexibility index (Phi) is 26.0. The van der Waals surface area contributed by atoms with E-state index in [0.717, 1.165) is 38.5 Å². The summed E-state index contributed by atoms with van der Waals surface area (Å²) in [6, 6.07) is 5.36. The van der Waals surface area contributed by atoms with Crippen LogP contribution in [0.15, 0.2) is 68.5 Å². The number of allylic oxidation sites excluding steroid dienone is 8. The predicted octanol–water partition coefficient (Wildman–Crippen LogP) is 11.9. The number of hydrogen-bond acceptors (Lipinski definition) is 6. The molecule has 4 rings (SSSR count). The zero-order valence-corrected chi connectivity index (χ0v) is 46.1. The third kappa shape index (κ3) is 16.8. The molecular formula is C58H86F4N2O6Ti. The molecule has 396 valence electrons. The molecule has 2 aromatic carbocycles. The van der Waals surface area contributed by atoms with E-state index in [-0.39, 0.29) is 43.5 Å². The van der Waals surface area contributed by atoms with Gasteiger partial charge in [-0.3, -0.25) is 0 Å². The van der Waals surface area contributed by atoms with E-state index in [1.54, 1.807) is 34.1 Å². The summed E-state index contributed by atoms with van der Waals surface area (Å²) in [7, 11) is 0. The molecular weight excluding hydrogens is 945 g/mol. The van der Waals surface area contributed by atoms with Gasteiger partial charge in [0.25, 0.3) is 0 Å². The van der Waals surface area contributed by atoms with Crippen LogP contribution in [0.5, 0.6) is 0 Å². The third-order valence-corrected chi connectivity index (χ3v) is 21.8. The van der Waals surface area contributed by atoms with Gasteiger partial charge < -0.3 is 9.47 Å². The van der Waals surface area contributed by atoms with Gasteiger partial charge in [0.05, 0.1) is 0 Å². The first kappa shape index (κ1) is 60.2. The van der Waals surface area contributed by atoms with Crippen molar-refractivity contribution in [2.24, 2.45) is 10.8 Å². The Bertz CT molecular complexity index is 1970. The molecule has 13 heteroatoms.